The predicted octanol–water partition coefficient (Wildman–Crippen LogP) is 1.26. The van der Waals surface area contributed by atoms with Gasteiger partial charge in [0.2, 0.25) is 0 Å². The summed E-state index contributed by atoms with van der Waals surface area (Å²) < 4.78 is 15.4. The van der Waals surface area contributed by atoms with Crippen LogP contribution in [-0.4, -0.2) is 29.8 Å². The van der Waals surface area contributed by atoms with Crippen LogP contribution < -0.4 is 0 Å². The molecule has 1 fully saturated rings. The van der Waals surface area contributed by atoms with Gasteiger partial charge in [-0.05, 0) is 0 Å². The molecule has 0 saturated carbocycles. The van der Waals surface area contributed by atoms with E-state index in [-0.39, 0.29) is 12.2 Å². The third-order valence-electron chi connectivity index (χ3n) is 1.80. The Morgan fingerprint density at radius 2 is 2.00 bits per heavy atom. The summed E-state index contributed by atoms with van der Waals surface area (Å²) in [4.78, 5) is 0. The van der Waals surface area contributed by atoms with Crippen LogP contribution in [-0.2, 0) is 13.6 Å². The van der Waals surface area contributed by atoms with E-state index in [9.17, 15) is 0 Å². The fourth-order valence-corrected chi connectivity index (χ4v) is 3.70. The maximum absolute atomic E-state index is 5.25. The molecule has 0 aromatic rings. The molecule has 0 spiro atoms. The van der Waals surface area contributed by atoms with Gasteiger partial charge in [-0.3, -0.25) is 0 Å². The highest BCUT2D eigenvalue weighted by molar-refractivity contribution is 8.00. The van der Waals surface area contributed by atoms with Crippen LogP contribution in [0.3, 0.4) is 0 Å². The predicted molar refractivity (Wildman–Crippen MR) is 61.1 cm³/mol. The van der Waals surface area contributed by atoms with Crippen molar-refractivity contribution in [2.24, 2.45) is 0 Å². The smallest absolute Gasteiger partial charge is 0.102 e. The van der Waals surface area contributed by atoms with E-state index in [4.69, 9.17) is 13.6 Å². The monoisotopic (exact) mass is 246 g/mol. The number of hydrogen-bond donors (Lipinski definition) is 0. The Labute approximate surface area is 83.9 Å². The summed E-state index contributed by atoms with van der Waals surface area (Å²) in [6.45, 7) is 0.679. The zero-order valence-corrected chi connectivity index (χ0v) is 10.8. The average Bonchev–Trinajstić information content (AvgIpc) is 2.47. The van der Waals surface area contributed by atoms with Gasteiger partial charge >= 0.3 is 0 Å². The summed E-state index contributed by atoms with van der Waals surface area (Å²) in [6.07, 6.45) is 0.265. The van der Waals surface area contributed by atoms with Crippen molar-refractivity contribution >= 4 is 40.2 Å². The van der Waals surface area contributed by atoms with Crippen molar-refractivity contribution in [2.75, 3.05) is 12.4 Å². The molecule has 0 N–H and O–H groups in total. The molecule has 1 aliphatic heterocycles. The molecule has 6 unspecified atom stereocenters. The second-order valence-electron chi connectivity index (χ2n) is 2.48. The lowest BCUT2D eigenvalue weighted by molar-refractivity contribution is 0.0967. The molecule has 6 atom stereocenters. The van der Waals surface area contributed by atoms with Gasteiger partial charge in [0.25, 0.3) is 0 Å². The molecule has 0 bridgehead atoms. The largest absolute Gasteiger partial charge is 0.364 e. The fourth-order valence-electron chi connectivity index (χ4n) is 1.18. The van der Waals surface area contributed by atoms with Crippen LogP contribution in [0.1, 0.15) is 0 Å². The lowest BCUT2D eigenvalue weighted by atomic mass is 10.2. The highest BCUT2D eigenvalue weighted by Gasteiger charge is 2.37. The summed E-state index contributed by atoms with van der Waals surface area (Å²) in [7, 11) is 6.82. The highest BCUT2D eigenvalue weighted by Crippen LogP contribution is 2.34. The van der Waals surface area contributed by atoms with E-state index < -0.39 is 0 Å². The minimum atomic E-state index is 0.109. The Bertz CT molecular complexity index is 139. The lowest BCUT2D eigenvalue weighted by Gasteiger charge is -2.20. The van der Waals surface area contributed by atoms with Gasteiger partial charge in [-0.1, -0.05) is 0 Å². The van der Waals surface area contributed by atoms with Gasteiger partial charge in [0, 0.05) is 34.2 Å². The SMILES string of the molecule is POCC1SCC(OP)C1OP. The van der Waals surface area contributed by atoms with Gasteiger partial charge in [-0.15, -0.1) is 0 Å². The molecule has 0 amide bonds. The fraction of sp³-hybridized carbons (Fsp3) is 1.00. The topological polar surface area (TPSA) is 27.7 Å². The zero-order valence-electron chi connectivity index (χ0n) is 6.51. The molecular weight excluding hydrogens is 233 g/mol. The third kappa shape index (κ3) is 2.75. The first-order chi connectivity index (χ1) is 5.83. The van der Waals surface area contributed by atoms with Crippen molar-refractivity contribution in [3.63, 3.8) is 0 Å². The standard InChI is InChI=1S/C5H13O3P3S/c9-6-1-4-5(8-11)3(7-10)2-12-4/h3-5H,1-2,9-11H2. The van der Waals surface area contributed by atoms with E-state index in [2.05, 4.69) is 28.4 Å². The zero-order chi connectivity index (χ0) is 8.97. The van der Waals surface area contributed by atoms with Crippen LogP contribution in [0.15, 0.2) is 0 Å². The van der Waals surface area contributed by atoms with Gasteiger partial charge in [-0.2, -0.15) is 11.8 Å². The van der Waals surface area contributed by atoms with Gasteiger partial charge in [-0.25, -0.2) is 0 Å². The molecule has 1 aliphatic rings. The van der Waals surface area contributed by atoms with E-state index >= 15 is 0 Å². The summed E-state index contributed by atoms with van der Waals surface area (Å²) in [6, 6.07) is 0. The molecule has 7 heteroatoms. The molecule has 1 rings (SSSR count). The summed E-state index contributed by atoms with van der Waals surface area (Å²) in [5, 5.41) is 0.366. The Morgan fingerprint density at radius 3 is 2.50 bits per heavy atom. The second-order valence-corrected chi connectivity index (χ2v) is 4.63. The quantitative estimate of drug-likeness (QED) is 0.698. The molecule has 1 heterocycles. The van der Waals surface area contributed by atoms with E-state index in [1.807, 2.05) is 11.8 Å². The Morgan fingerprint density at radius 1 is 1.25 bits per heavy atom. The van der Waals surface area contributed by atoms with Crippen LogP contribution in [0.2, 0.25) is 0 Å². The molecule has 0 aromatic carbocycles. The molecule has 0 aromatic heterocycles. The summed E-state index contributed by atoms with van der Waals surface area (Å²) >= 11 is 1.82. The number of rotatable bonds is 4. The minimum Gasteiger partial charge on any atom is -0.364 e. The Kier molecular flexibility index (Phi) is 5.88. The lowest BCUT2D eigenvalue weighted by Crippen LogP contribution is -2.32. The number of thioether (sulfide) groups is 1. The van der Waals surface area contributed by atoms with E-state index in [1.165, 1.54) is 0 Å². The summed E-state index contributed by atoms with van der Waals surface area (Å²) in [5.74, 6) is 0.960. The van der Waals surface area contributed by atoms with Crippen LogP contribution in [0.25, 0.3) is 0 Å². The van der Waals surface area contributed by atoms with Crippen molar-refractivity contribution in [3.05, 3.63) is 0 Å². The van der Waals surface area contributed by atoms with Crippen molar-refractivity contribution in [2.45, 2.75) is 17.5 Å². The highest BCUT2D eigenvalue weighted by atomic mass is 32.2. The first-order valence-electron chi connectivity index (χ1n) is 3.47. The van der Waals surface area contributed by atoms with Gasteiger partial charge in [0.15, 0.2) is 0 Å². The van der Waals surface area contributed by atoms with E-state index in [0.717, 1.165) is 5.75 Å². The van der Waals surface area contributed by atoms with Crippen molar-refractivity contribution < 1.29 is 13.6 Å². The average molecular weight is 246 g/mol. The van der Waals surface area contributed by atoms with E-state index in [0.29, 0.717) is 11.9 Å². The molecule has 3 nitrogen and oxygen atoms in total. The molecular formula is C5H13O3P3S. The molecule has 1 saturated heterocycles. The van der Waals surface area contributed by atoms with Crippen molar-refractivity contribution in [1.82, 2.24) is 0 Å². The minimum absolute atomic E-state index is 0.109. The van der Waals surface area contributed by atoms with Gasteiger partial charge in [0.1, 0.15) is 6.10 Å². The normalized spacial score (nSPS) is 35.8. The molecule has 72 valence electrons. The third-order valence-corrected chi connectivity index (χ3v) is 4.01. The van der Waals surface area contributed by atoms with Crippen LogP contribution in [0.5, 0.6) is 0 Å². The van der Waals surface area contributed by atoms with Gasteiger partial charge < -0.3 is 13.6 Å². The Balaban J connectivity index is 2.44. The number of hydrogen-bond acceptors (Lipinski definition) is 4. The van der Waals surface area contributed by atoms with Crippen LogP contribution in [0.4, 0.5) is 0 Å². The molecule has 0 radical (unpaired) electrons. The molecule has 12 heavy (non-hydrogen) atoms. The van der Waals surface area contributed by atoms with Crippen molar-refractivity contribution in [1.29, 1.82) is 0 Å². The van der Waals surface area contributed by atoms with Crippen molar-refractivity contribution in [3.8, 4) is 0 Å². The Hall–Kier alpha value is 1.52. The van der Waals surface area contributed by atoms with Gasteiger partial charge in [0.05, 0.1) is 18.0 Å². The van der Waals surface area contributed by atoms with E-state index in [1.54, 1.807) is 0 Å². The van der Waals surface area contributed by atoms with Crippen LogP contribution >= 0.6 is 40.2 Å². The maximum Gasteiger partial charge on any atom is 0.102 e. The first-order valence-corrected chi connectivity index (χ1v) is 5.94. The maximum atomic E-state index is 5.25. The second kappa shape index (κ2) is 6.09. The molecule has 0 aliphatic carbocycles. The van der Waals surface area contributed by atoms with Crippen LogP contribution in [0, 0.1) is 0 Å². The summed E-state index contributed by atoms with van der Waals surface area (Å²) in [5.41, 5.74) is 0. The first kappa shape index (κ1) is 11.6.